The third kappa shape index (κ3) is 3.99. The fourth-order valence-electron chi connectivity index (χ4n) is 1.41. The molecule has 6 heteroatoms. The van der Waals surface area contributed by atoms with Gasteiger partial charge in [-0.2, -0.15) is 4.72 Å². The smallest absolute Gasteiger partial charge is 0.207 e. The van der Waals surface area contributed by atoms with Crippen LogP contribution in [0.1, 0.15) is 19.8 Å². The van der Waals surface area contributed by atoms with Crippen molar-refractivity contribution in [2.75, 3.05) is 0 Å². The zero-order valence-electron chi connectivity index (χ0n) is 9.78. The Hall–Kier alpha value is -0.540. The minimum atomic E-state index is -3.69. The second-order valence-corrected chi connectivity index (χ2v) is 6.71. The molecule has 0 radical (unpaired) electrons. The Labute approximate surface area is 121 Å². The minimum absolute atomic E-state index is 0.0312. The molecule has 1 rings (SSSR count). The molecule has 98 valence electrons. The summed E-state index contributed by atoms with van der Waals surface area (Å²) in [5.41, 5.74) is 0. The van der Waals surface area contributed by atoms with Crippen LogP contribution in [0.4, 0.5) is 0 Å². The molecule has 3 nitrogen and oxygen atoms in total. The lowest BCUT2D eigenvalue weighted by Gasteiger charge is -2.13. The molecule has 0 bridgehead atoms. The summed E-state index contributed by atoms with van der Waals surface area (Å²) in [6.45, 7) is 1.94. The zero-order valence-corrected chi connectivity index (χ0v) is 12.9. The van der Waals surface area contributed by atoms with Crippen LogP contribution >= 0.6 is 27.5 Å². The number of benzene rings is 1. The van der Waals surface area contributed by atoms with E-state index in [1.807, 2.05) is 6.92 Å². The number of sulfonamides is 1. The van der Waals surface area contributed by atoms with Crippen LogP contribution in [0.25, 0.3) is 0 Å². The maximum Gasteiger partial charge on any atom is 0.243 e. The van der Waals surface area contributed by atoms with Crippen LogP contribution in [0.2, 0.25) is 5.02 Å². The van der Waals surface area contributed by atoms with Gasteiger partial charge in [0.15, 0.2) is 0 Å². The molecule has 0 aliphatic carbocycles. The summed E-state index contributed by atoms with van der Waals surface area (Å²) in [6.07, 6.45) is 6.67. The van der Waals surface area contributed by atoms with E-state index in [0.29, 0.717) is 10.9 Å². The normalized spacial score (nSPS) is 13.0. The number of hydrogen-bond acceptors (Lipinski definition) is 2. The first kappa shape index (κ1) is 15.5. The predicted molar refractivity (Wildman–Crippen MR) is 77.0 cm³/mol. The SMILES string of the molecule is C#CC(CCC)NS(=O)(=O)c1ccc(Br)cc1Cl. The Bertz CT molecular complexity index is 566. The number of rotatable bonds is 5. The van der Waals surface area contributed by atoms with E-state index in [1.54, 1.807) is 6.07 Å². The molecule has 0 aromatic heterocycles. The van der Waals surface area contributed by atoms with Crippen molar-refractivity contribution in [1.29, 1.82) is 0 Å². The molecule has 1 aromatic rings. The summed E-state index contributed by atoms with van der Waals surface area (Å²) in [4.78, 5) is 0.0312. The number of nitrogens with one attached hydrogen (secondary N) is 1. The first-order valence-electron chi connectivity index (χ1n) is 5.34. The second kappa shape index (κ2) is 6.58. The van der Waals surface area contributed by atoms with Crippen LogP contribution in [0.15, 0.2) is 27.6 Å². The number of hydrogen-bond donors (Lipinski definition) is 1. The second-order valence-electron chi connectivity index (χ2n) is 3.70. The average Bonchev–Trinajstić information content (AvgIpc) is 2.27. The molecular weight excluding hydrogens is 338 g/mol. The molecule has 0 amide bonds. The predicted octanol–water partition coefficient (Wildman–Crippen LogP) is 3.18. The first-order valence-corrected chi connectivity index (χ1v) is 7.99. The average molecular weight is 351 g/mol. The summed E-state index contributed by atoms with van der Waals surface area (Å²) >= 11 is 9.14. The van der Waals surface area contributed by atoms with Gasteiger partial charge in [-0.3, -0.25) is 0 Å². The molecule has 0 fully saturated rings. The Morgan fingerprint density at radius 3 is 2.72 bits per heavy atom. The van der Waals surface area contributed by atoms with E-state index in [-0.39, 0.29) is 9.92 Å². The summed E-state index contributed by atoms with van der Waals surface area (Å²) in [7, 11) is -3.69. The molecule has 18 heavy (non-hydrogen) atoms. The van der Waals surface area contributed by atoms with Crippen molar-refractivity contribution < 1.29 is 8.42 Å². The topological polar surface area (TPSA) is 46.2 Å². The van der Waals surface area contributed by atoms with Gasteiger partial charge in [0.1, 0.15) is 4.90 Å². The summed E-state index contributed by atoms with van der Waals surface area (Å²) in [5, 5.41) is 0.157. The van der Waals surface area contributed by atoms with Crippen molar-refractivity contribution in [2.24, 2.45) is 0 Å². The first-order chi connectivity index (χ1) is 8.40. The van der Waals surface area contributed by atoms with Gasteiger partial charge in [0.05, 0.1) is 11.1 Å². The maximum absolute atomic E-state index is 12.1. The largest absolute Gasteiger partial charge is 0.243 e. The van der Waals surface area contributed by atoms with E-state index in [9.17, 15) is 8.42 Å². The number of terminal acetylenes is 1. The van der Waals surface area contributed by atoms with Crippen LogP contribution in [0.5, 0.6) is 0 Å². The Balaban J connectivity index is 3.03. The molecular formula is C12H13BrClNO2S. The molecule has 1 unspecified atom stereocenters. The molecule has 1 atom stereocenters. The van der Waals surface area contributed by atoms with Crippen molar-refractivity contribution in [2.45, 2.75) is 30.7 Å². The van der Waals surface area contributed by atoms with Gasteiger partial charge in [-0.1, -0.05) is 46.8 Å². The van der Waals surface area contributed by atoms with Gasteiger partial charge < -0.3 is 0 Å². The molecule has 0 heterocycles. The lowest BCUT2D eigenvalue weighted by molar-refractivity contribution is 0.564. The van der Waals surface area contributed by atoms with Crippen LogP contribution in [0, 0.1) is 12.3 Å². The molecule has 0 saturated carbocycles. The highest BCUT2D eigenvalue weighted by Crippen LogP contribution is 2.25. The fourth-order valence-corrected chi connectivity index (χ4v) is 3.64. The third-order valence-electron chi connectivity index (χ3n) is 2.26. The number of halogens is 2. The van der Waals surface area contributed by atoms with Gasteiger partial charge in [-0.15, -0.1) is 6.42 Å². The van der Waals surface area contributed by atoms with E-state index in [4.69, 9.17) is 18.0 Å². The molecule has 0 aliphatic heterocycles. The lowest BCUT2D eigenvalue weighted by Crippen LogP contribution is -2.33. The maximum atomic E-state index is 12.1. The van der Waals surface area contributed by atoms with E-state index in [2.05, 4.69) is 26.6 Å². The van der Waals surface area contributed by atoms with E-state index < -0.39 is 16.1 Å². The van der Waals surface area contributed by atoms with Gasteiger partial charge in [0, 0.05) is 4.47 Å². The Morgan fingerprint density at radius 1 is 1.56 bits per heavy atom. The van der Waals surface area contributed by atoms with E-state index >= 15 is 0 Å². The standard InChI is InChI=1S/C12H13BrClNO2S/c1-3-5-10(4-2)15-18(16,17)12-7-6-9(13)8-11(12)14/h2,6-8,10,15H,3,5H2,1H3. The van der Waals surface area contributed by atoms with E-state index in [0.717, 1.165) is 6.42 Å². The van der Waals surface area contributed by atoms with E-state index in [1.165, 1.54) is 12.1 Å². The van der Waals surface area contributed by atoms with Crippen LogP contribution in [-0.2, 0) is 10.0 Å². The molecule has 0 spiro atoms. The van der Waals surface area contributed by atoms with Gasteiger partial charge >= 0.3 is 0 Å². The quantitative estimate of drug-likeness (QED) is 0.829. The van der Waals surface area contributed by atoms with Gasteiger partial charge in [-0.05, 0) is 24.6 Å². The Morgan fingerprint density at radius 2 is 2.22 bits per heavy atom. The highest BCUT2D eigenvalue weighted by Gasteiger charge is 2.21. The van der Waals surface area contributed by atoms with Crippen molar-refractivity contribution >= 4 is 37.6 Å². The summed E-state index contributed by atoms with van der Waals surface area (Å²) in [5.74, 6) is 2.42. The minimum Gasteiger partial charge on any atom is -0.207 e. The van der Waals surface area contributed by atoms with Gasteiger partial charge in [0.25, 0.3) is 0 Å². The highest BCUT2D eigenvalue weighted by molar-refractivity contribution is 9.10. The van der Waals surface area contributed by atoms with Crippen molar-refractivity contribution in [3.05, 3.63) is 27.7 Å². The van der Waals surface area contributed by atoms with Crippen molar-refractivity contribution in [3.8, 4) is 12.3 Å². The van der Waals surface area contributed by atoms with Crippen LogP contribution in [0.3, 0.4) is 0 Å². The monoisotopic (exact) mass is 349 g/mol. The highest BCUT2D eigenvalue weighted by atomic mass is 79.9. The molecule has 1 aromatic carbocycles. The van der Waals surface area contributed by atoms with Crippen molar-refractivity contribution in [3.63, 3.8) is 0 Å². The van der Waals surface area contributed by atoms with Crippen LogP contribution in [-0.4, -0.2) is 14.5 Å². The van der Waals surface area contributed by atoms with Gasteiger partial charge in [-0.25, -0.2) is 8.42 Å². The van der Waals surface area contributed by atoms with Crippen molar-refractivity contribution in [1.82, 2.24) is 4.72 Å². The summed E-state index contributed by atoms with van der Waals surface area (Å²) < 4.78 is 27.4. The molecule has 0 saturated heterocycles. The Kier molecular flexibility index (Phi) is 5.67. The van der Waals surface area contributed by atoms with Gasteiger partial charge in [0.2, 0.25) is 10.0 Å². The summed E-state index contributed by atoms with van der Waals surface area (Å²) in [6, 6.07) is 4.07. The molecule has 0 aliphatic rings. The molecule has 1 N–H and O–H groups in total. The van der Waals surface area contributed by atoms with Crippen LogP contribution < -0.4 is 4.72 Å². The fraction of sp³-hybridized carbons (Fsp3) is 0.333. The third-order valence-corrected chi connectivity index (χ3v) is 4.71. The lowest BCUT2D eigenvalue weighted by atomic mass is 10.2. The zero-order chi connectivity index (χ0) is 13.8.